The predicted molar refractivity (Wildman–Crippen MR) is 96.4 cm³/mol. The van der Waals surface area contributed by atoms with Gasteiger partial charge in [-0.25, -0.2) is 9.78 Å². The molecule has 24 heavy (non-hydrogen) atoms. The van der Waals surface area contributed by atoms with E-state index in [1.54, 1.807) is 0 Å². The van der Waals surface area contributed by atoms with Crippen LogP contribution in [-0.4, -0.2) is 33.6 Å². The molecular weight excluding hydrogens is 300 g/mol. The van der Waals surface area contributed by atoms with Gasteiger partial charge < -0.3 is 14.8 Å². The zero-order valence-corrected chi connectivity index (χ0v) is 14.7. The third kappa shape index (κ3) is 3.30. The SMILES string of the molecule is CCn1ccnc1[C@@H]1CCCN(C(=O)Nc2cccc(C)c2C)C1. The first kappa shape index (κ1) is 16.6. The van der Waals surface area contributed by atoms with Crippen LogP contribution < -0.4 is 5.32 Å². The Labute approximate surface area is 143 Å². The van der Waals surface area contributed by atoms with Crippen molar-refractivity contribution in [2.75, 3.05) is 18.4 Å². The van der Waals surface area contributed by atoms with E-state index >= 15 is 0 Å². The molecule has 0 bridgehead atoms. The van der Waals surface area contributed by atoms with Crippen LogP contribution in [0.2, 0.25) is 0 Å². The number of rotatable bonds is 3. The van der Waals surface area contributed by atoms with Crippen LogP contribution in [0.4, 0.5) is 10.5 Å². The fraction of sp³-hybridized carbons (Fsp3) is 0.474. The van der Waals surface area contributed by atoms with Crippen LogP contribution in [0.1, 0.15) is 42.6 Å². The van der Waals surface area contributed by atoms with Crippen LogP contribution in [0.3, 0.4) is 0 Å². The van der Waals surface area contributed by atoms with Crippen LogP contribution in [0.15, 0.2) is 30.6 Å². The smallest absolute Gasteiger partial charge is 0.321 e. The Morgan fingerprint density at radius 1 is 1.38 bits per heavy atom. The van der Waals surface area contributed by atoms with Gasteiger partial charge in [0.15, 0.2) is 0 Å². The number of urea groups is 1. The van der Waals surface area contributed by atoms with Gasteiger partial charge in [0.2, 0.25) is 0 Å². The van der Waals surface area contributed by atoms with E-state index < -0.39 is 0 Å². The van der Waals surface area contributed by atoms with Gasteiger partial charge in [0.25, 0.3) is 0 Å². The molecule has 3 rings (SSSR count). The molecule has 0 aliphatic carbocycles. The molecule has 2 heterocycles. The molecule has 1 aliphatic rings. The molecule has 1 atom stereocenters. The van der Waals surface area contributed by atoms with E-state index in [1.807, 2.05) is 36.4 Å². The average Bonchev–Trinajstić information content (AvgIpc) is 3.08. The van der Waals surface area contributed by atoms with Crippen molar-refractivity contribution in [3.8, 4) is 0 Å². The topological polar surface area (TPSA) is 50.2 Å². The van der Waals surface area contributed by atoms with Gasteiger partial charge in [-0.1, -0.05) is 12.1 Å². The summed E-state index contributed by atoms with van der Waals surface area (Å²) in [4.78, 5) is 19.1. The second-order valence-electron chi connectivity index (χ2n) is 6.53. The number of imidazole rings is 1. The number of anilines is 1. The highest BCUT2D eigenvalue weighted by Gasteiger charge is 2.27. The van der Waals surface area contributed by atoms with Crippen molar-refractivity contribution >= 4 is 11.7 Å². The lowest BCUT2D eigenvalue weighted by Gasteiger charge is -2.32. The van der Waals surface area contributed by atoms with E-state index in [1.165, 1.54) is 5.56 Å². The van der Waals surface area contributed by atoms with Gasteiger partial charge in [-0.2, -0.15) is 0 Å². The summed E-state index contributed by atoms with van der Waals surface area (Å²) in [6, 6.07) is 6.00. The Morgan fingerprint density at radius 2 is 2.21 bits per heavy atom. The molecule has 1 aromatic heterocycles. The number of piperidine rings is 1. The first-order valence-corrected chi connectivity index (χ1v) is 8.73. The van der Waals surface area contributed by atoms with Crippen LogP contribution in [0.5, 0.6) is 0 Å². The molecule has 2 amide bonds. The minimum absolute atomic E-state index is 0.0111. The van der Waals surface area contributed by atoms with E-state index in [4.69, 9.17) is 0 Å². The van der Waals surface area contributed by atoms with E-state index in [0.29, 0.717) is 5.92 Å². The van der Waals surface area contributed by atoms with Crippen molar-refractivity contribution in [2.45, 2.75) is 46.1 Å². The molecule has 5 nitrogen and oxygen atoms in total. The summed E-state index contributed by atoms with van der Waals surface area (Å²) in [6.45, 7) is 8.68. The Morgan fingerprint density at radius 3 is 3.00 bits per heavy atom. The number of nitrogens with zero attached hydrogens (tertiary/aromatic N) is 3. The molecule has 1 saturated heterocycles. The molecule has 1 fully saturated rings. The Kier molecular flexibility index (Phi) is 4.88. The Hall–Kier alpha value is -2.30. The molecule has 1 N–H and O–H groups in total. The fourth-order valence-electron chi connectivity index (χ4n) is 3.40. The summed E-state index contributed by atoms with van der Waals surface area (Å²) in [5.74, 6) is 1.42. The molecule has 0 unspecified atom stereocenters. The first-order chi connectivity index (χ1) is 11.6. The van der Waals surface area contributed by atoms with Gasteiger partial charge in [-0.05, 0) is 50.8 Å². The maximum atomic E-state index is 12.7. The highest BCUT2D eigenvalue weighted by atomic mass is 16.2. The predicted octanol–water partition coefficient (Wildman–Crippen LogP) is 3.93. The fourth-order valence-corrected chi connectivity index (χ4v) is 3.40. The van der Waals surface area contributed by atoms with E-state index in [0.717, 1.165) is 49.6 Å². The van der Waals surface area contributed by atoms with Gasteiger partial charge in [0.1, 0.15) is 5.82 Å². The van der Waals surface area contributed by atoms with Crippen LogP contribution in [0, 0.1) is 13.8 Å². The lowest BCUT2D eigenvalue weighted by Crippen LogP contribution is -2.42. The molecule has 128 valence electrons. The second-order valence-corrected chi connectivity index (χ2v) is 6.53. The number of aryl methyl sites for hydroxylation is 2. The number of likely N-dealkylation sites (tertiary alicyclic amines) is 1. The van der Waals surface area contributed by atoms with Gasteiger partial charge in [-0.15, -0.1) is 0 Å². The minimum atomic E-state index is -0.0111. The number of nitrogens with one attached hydrogen (secondary N) is 1. The summed E-state index contributed by atoms with van der Waals surface area (Å²) in [6.07, 6.45) is 5.98. The van der Waals surface area contributed by atoms with E-state index in [2.05, 4.69) is 34.8 Å². The van der Waals surface area contributed by atoms with Crippen molar-refractivity contribution in [1.29, 1.82) is 0 Å². The number of carbonyl (C=O) groups is 1. The normalized spacial score (nSPS) is 17.8. The zero-order chi connectivity index (χ0) is 17.1. The number of hydrogen-bond acceptors (Lipinski definition) is 2. The Balaban J connectivity index is 1.70. The summed E-state index contributed by atoms with van der Waals surface area (Å²) < 4.78 is 2.18. The third-order valence-electron chi connectivity index (χ3n) is 5.01. The maximum Gasteiger partial charge on any atom is 0.321 e. The van der Waals surface area contributed by atoms with Crippen molar-refractivity contribution in [3.63, 3.8) is 0 Å². The van der Waals surface area contributed by atoms with Gasteiger partial charge in [0.05, 0.1) is 0 Å². The lowest BCUT2D eigenvalue weighted by molar-refractivity contribution is 0.190. The van der Waals surface area contributed by atoms with Crippen LogP contribution >= 0.6 is 0 Å². The van der Waals surface area contributed by atoms with Crippen molar-refractivity contribution in [2.24, 2.45) is 0 Å². The van der Waals surface area contributed by atoms with Crippen LogP contribution in [0.25, 0.3) is 0 Å². The standard InChI is InChI=1S/C19H26N4O/c1-4-22-12-10-20-18(22)16-8-6-11-23(13-16)19(24)21-17-9-5-7-14(2)15(17)3/h5,7,9-10,12,16H,4,6,8,11,13H2,1-3H3,(H,21,24)/t16-/m1/s1. The monoisotopic (exact) mass is 326 g/mol. The molecule has 2 aromatic rings. The molecule has 5 heteroatoms. The molecule has 1 aliphatic heterocycles. The average molecular weight is 326 g/mol. The minimum Gasteiger partial charge on any atom is -0.335 e. The van der Waals surface area contributed by atoms with Crippen molar-refractivity contribution < 1.29 is 4.79 Å². The highest BCUT2D eigenvalue weighted by molar-refractivity contribution is 5.90. The maximum absolute atomic E-state index is 12.7. The van der Waals surface area contributed by atoms with Crippen molar-refractivity contribution in [1.82, 2.24) is 14.5 Å². The van der Waals surface area contributed by atoms with Gasteiger partial charge in [0, 0.05) is 43.6 Å². The van der Waals surface area contributed by atoms with Crippen LogP contribution in [-0.2, 0) is 6.54 Å². The number of aromatic nitrogens is 2. The number of amides is 2. The molecule has 0 saturated carbocycles. The largest absolute Gasteiger partial charge is 0.335 e. The summed E-state index contributed by atoms with van der Waals surface area (Å²) in [5, 5.41) is 3.07. The first-order valence-electron chi connectivity index (χ1n) is 8.73. The quantitative estimate of drug-likeness (QED) is 0.929. The molecular formula is C19H26N4O. The van der Waals surface area contributed by atoms with Gasteiger partial charge in [-0.3, -0.25) is 0 Å². The lowest BCUT2D eigenvalue weighted by atomic mass is 9.97. The van der Waals surface area contributed by atoms with Gasteiger partial charge >= 0.3 is 6.03 Å². The summed E-state index contributed by atoms with van der Waals surface area (Å²) in [5.41, 5.74) is 3.22. The van der Waals surface area contributed by atoms with Crippen molar-refractivity contribution in [3.05, 3.63) is 47.5 Å². The molecule has 0 radical (unpaired) electrons. The number of hydrogen-bond donors (Lipinski definition) is 1. The van der Waals surface area contributed by atoms with E-state index in [-0.39, 0.29) is 6.03 Å². The Bertz CT molecular complexity index is 722. The molecule has 1 aromatic carbocycles. The summed E-state index contributed by atoms with van der Waals surface area (Å²) >= 11 is 0. The molecule has 0 spiro atoms. The summed E-state index contributed by atoms with van der Waals surface area (Å²) in [7, 11) is 0. The third-order valence-corrected chi connectivity index (χ3v) is 5.01. The number of carbonyl (C=O) groups excluding carboxylic acids is 1. The number of benzene rings is 1. The highest BCUT2D eigenvalue weighted by Crippen LogP contribution is 2.27. The zero-order valence-electron chi connectivity index (χ0n) is 14.7. The second kappa shape index (κ2) is 7.07. The van der Waals surface area contributed by atoms with E-state index in [9.17, 15) is 4.79 Å².